The van der Waals surface area contributed by atoms with Crippen molar-refractivity contribution in [2.24, 2.45) is 0 Å². The Morgan fingerprint density at radius 1 is 1.20 bits per heavy atom. The normalized spacial score (nSPS) is 10.3. The minimum absolute atomic E-state index is 0.148. The number of nitrogens with zero attached hydrogens (tertiary/aromatic N) is 2. The molecule has 0 atom stereocenters. The molecule has 1 heterocycles. The highest BCUT2D eigenvalue weighted by molar-refractivity contribution is 5.96. The van der Waals surface area contributed by atoms with Gasteiger partial charge >= 0.3 is 0 Å². The molecular formula is C15H14N2O3. The quantitative estimate of drug-likeness (QED) is 0.486. The minimum Gasteiger partial charge on any atom is -0.294 e. The van der Waals surface area contributed by atoms with E-state index in [0.29, 0.717) is 11.3 Å². The Kier molecular flexibility index (Phi) is 3.61. The highest BCUT2D eigenvalue weighted by Crippen LogP contribution is 2.30. The van der Waals surface area contributed by atoms with E-state index >= 15 is 0 Å². The summed E-state index contributed by atoms with van der Waals surface area (Å²) in [5, 5.41) is 11.2. The number of Topliss-reactive ketones (excluding diaryl/α,β-unsaturated/α-hetero) is 1. The van der Waals surface area contributed by atoms with Gasteiger partial charge in [0.1, 0.15) is 5.69 Å². The molecule has 0 N–H and O–H groups in total. The fraction of sp³-hybridized carbons (Fsp3) is 0.200. The predicted octanol–water partition coefficient (Wildman–Crippen LogP) is 3.48. The summed E-state index contributed by atoms with van der Waals surface area (Å²) in [5.41, 5.74) is 2.65. The summed E-state index contributed by atoms with van der Waals surface area (Å²) >= 11 is 0. The molecule has 2 aromatic rings. The molecule has 20 heavy (non-hydrogen) atoms. The van der Waals surface area contributed by atoms with Crippen LogP contribution in [0, 0.1) is 24.0 Å². The molecule has 5 nitrogen and oxygen atoms in total. The summed E-state index contributed by atoms with van der Waals surface area (Å²) in [6.07, 6.45) is 0. The number of rotatable bonds is 3. The zero-order valence-corrected chi connectivity index (χ0v) is 11.5. The lowest BCUT2D eigenvalue weighted by molar-refractivity contribution is -0.384. The third-order valence-corrected chi connectivity index (χ3v) is 3.09. The summed E-state index contributed by atoms with van der Waals surface area (Å²) < 4.78 is 0. The molecule has 0 fully saturated rings. The number of ketones is 1. The van der Waals surface area contributed by atoms with Crippen LogP contribution in [0.1, 0.15) is 28.5 Å². The van der Waals surface area contributed by atoms with Crippen LogP contribution in [0.5, 0.6) is 0 Å². The van der Waals surface area contributed by atoms with Gasteiger partial charge in [-0.3, -0.25) is 14.9 Å². The van der Waals surface area contributed by atoms with Crippen LogP contribution in [0.4, 0.5) is 5.69 Å². The van der Waals surface area contributed by atoms with Crippen molar-refractivity contribution in [3.05, 3.63) is 57.3 Å². The van der Waals surface area contributed by atoms with Crippen molar-refractivity contribution >= 4 is 11.5 Å². The zero-order chi connectivity index (χ0) is 14.9. The fourth-order valence-corrected chi connectivity index (χ4v) is 2.01. The lowest BCUT2D eigenvalue weighted by atomic mass is 10.0. The number of pyridine rings is 1. The number of aryl methyl sites for hydroxylation is 2. The van der Waals surface area contributed by atoms with Gasteiger partial charge in [0.05, 0.1) is 4.92 Å². The van der Waals surface area contributed by atoms with Gasteiger partial charge in [-0.15, -0.1) is 0 Å². The van der Waals surface area contributed by atoms with Crippen LogP contribution >= 0.6 is 0 Å². The van der Waals surface area contributed by atoms with E-state index in [0.717, 1.165) is 5.56 Å². The van der Waals surface area contributed by atoms with Crippen molar-refractivity contribution in [1.29, 1.82) is 0 Å². The van der Waals surface area contributed by atoms with Crippen LogP contribution in [0.2, 0.25) is 0 Å². The maximum atomic E-state index is 11.5. The summed E-state index contributed by atoms with van der Waals surface area (Å²) in [7, 11) is 0. The average molecular weight is 270 g/mol. The molecule has 1 aromatic carbocycles. The standard InChI is InChI=1S/C15H14N2O3/c1-9-4-6-12(7-5-9)15-14(17(19)20)8-13(11(3)18)10(2)16-15/h4-8H,1-3H3. The van der Waals surface area contributed by atoms with Crippen LogP contribution < -0.4 is 0 Å². The van der Waals surface area contributed by atoms with Gasteiger partial charge in [0.25, 0.3) is 5.69 Å². The van der Waals surface area contributed by atoms with E-state index in [-0.39, 0.29) is 22.7 Å². The molecule has 0 spiro atoms. The number of carbonyl (C=O) groups excluding carboxylic acids is 1. The van der Waals surface area contributed by atoms with Gasteiger partial charge in [0, 0.05) is 22.9 Å². The Bertz CT molecular complexity index is 691. The highest BCUT2D eigenvalue weighted by atomic mass is 16.6. The lowest BCUT2D eigenvalue weighted by Gasteiger charge is -2.07. The lowest BCUT2D eigenvalue weighted by Crippen LogP contribution is -2.04. The Balaban J connectivity index is 2.69. The molecular weight excluding hydrogens is 256 g/mol. The number of hydrogen-bond donors (Lipinski definition) is 0. The molecule has 5 heteroatoms. The first-order valence-corrected chi connectivity index (χ1v) is 6.14. The summed E-state index contributed by atoms with van der Waals surface area (Å²) in [4.78, 5) is 26.4. The molecule has 0 unspecified atom stereocenters. The topological polar surface area (TPSA) is 73.1 Å². The molecule has 0 saturated heterocycles. The van der Waals surface area contributed by atoms with Crippen LogP contribution in [0.15, 0.2) is 30.3 Å². The second kappa shape index (κ2) is 5.21. The maximum Gasteiger partial charge on any atom is 0.296 e. The molecule has 0 radical (unpaired) electrons. The van der Waals surface area contributed by atoms with Crippen LogP contribution in [0.25, 0.3) is 11.3 Å². The van der Waals surface area contributed by atoms with Crippen molar-refractivity contribution < 1.29 is 9.72 Å². The molecule has 0 saturated carbocycles. The monoisotopic (exact) mass is 270 g/mol. The second-order valence-corrected chi connectivity index (χ2v) is 4.67. The van der Waals surface area contributed by atoms with E-state index in [2.05, 4.69) is 4.98 Å². The number of carbonyl (C=O) groups is 1. The van der Waals surface area contributed by atoms with E-state index in [4.69, 9.17) is 0 Å². The SMILES string of the molecule is CC(=O)c1cc([N+](=O)[O-])c(-c2ccc(C)cc2)nc1C. The first-order valence-electron chi connectivity index (χ1n) is 6.14. The molecule has 2 rings (SSSR count). The van der Waals surface area contributed by atoms with E-state index in [9.17, 15) is 14.9 Å². The number of nitro groups is 1. The van der Waals surface area contributed by atoms with Gasteiger partial charge in [0.2, 0.25) is 0 Å². The van der Waals surface area contributed by atoms with Crippen LogP contribution in [-0.2, 0) is 0 Å². The first-order chi connectivity index (χ1) is 9.40. The van der Waals surface area contributed by atoms with E-state index in [1.165, 1.54) is 13.0 Å². The minimum atomic E-state index is -0.506. The molecule has 0 amide bonds. The highest BCUT2D eigenvalue weighted by Gasteiger charge is 2.21. The molecule has 1 aromatic heterocycles. The van der Waals surface area contributed by atoms with Crippen molar-refractivity contribution in [2.45, 2.75) is 20.8 Å². The van der Waals surface area contributed by atoms with Crippen LogP contribution in [0.3, 0.4) is 0 Å². The number of hydrogen-bond acceptors (Lipinski definition) is 4. The predicted molar refractivity (Wildman–Crippen MR) is 75.8 cm³/mol. The van der Waals surface area contributed by atoms with Gasteiger partial charge in [-0.05, 0) is 20.8 Å². The average Bonchev–Trinajstić information content (AvgIpc) is 2.38. The Morgan fingerprint density at radius 2 is 1.80 bits per heavy atom. The smallest absolute Gasteiger partial charge is 0.294 e. The Labute approximate surface area is 116 Å². The number of aromatic nitrogens is 1. The third-order valence-electron chi connectivity index (χ3n) is 3.09. The summed E-state index contributed by atoms with van der Waals surface area (Å²) in [6.45, 7) is 4.99. The number of benzene rings is 1. The fourth-order valence-electron chi connectivity index (χ4n) is 2.01. The zero-order valence-electron chi connectivity index (χ0n) is 11.5. The largest absolute Gasteiger partial charge is 0.296 e. The van der Waals surface area contributed by atoms with Crippen molar-refractivity contribution in [1.82, 2.24) is 4.98 Å². The van der Waals surface area contributed by atoms with E-state index in [1.807, 2.05) is 19.1 Å². The molecule has 0 aliphatic heterocycles. The molecule has 0 aliphatic rings. The van der Waals surface area contributed by atoms with E-state index in [1.54, 1.807) is 19.1 Å². The summed E-state index contributed by atoms with van der Waals surface area (Å²) in [6, 6.07) is 8.62. The summed E-state index contributed by atoms with van der Waals surface area (Å²) in [5.74, 6) is -0.228. The molecule has 0 bridgehead atoms. The second-order valence-electron chi connectivity index (χ2n) is 4.67. The molecule has 0 aliphatic carbocycles. The Morgan fingerprint density at radius 3 is 2.30 bits per heavy atom. The van der Waals surface area contributed by atoms with Gasteiger partial charge in [-0.2, -0.15) is 0 Å². The molecule has 102 valence electrons. The Hall–Kier alpha value is -2.56. The van der Waals surface area contributed by atoms with Gasteiger partial charge in [0.15, 0.2) is 5.78 Å². The van der Waals surface area contributed by atoms with Gasteiger partial charge in [-0.25, -0.2) is 4.98 Å². The van der Waals surface area contributed by atoms with Crippen LogP contribution in [-0.4, -0.2) is 15.7 Å². The van der Waals surface area contributed by atoms with Crippen molar-refractivity contribution in [3.63, 3.8) is 0 Å². The van der Waals surface area contributed by atoms with Gasteiger partial charge in [-0.1, -0.05) is 29.8 Å². The first kappa shape index (κ1) is 13.9. The maximum absolute atomic E-state index is 11.5. The van der Waals surface area contributed by atoms with Gasteiger partial charge < -0.3 is 0 Å². The van der Waals surface area contributed by atoms with Crippen molar-refractivity contribution in [3.8, 4) is 11.3 Å². The van der Waals surface area contributed by atoms with E-state index < -0.39 is 4.92 Å². The van der Waals surface area contributed by atoms with Crippen molar-refractivity contribution in [2.75, 3.05) is 0 Å². The third kappa shape index (κ3) is 2.56.